The standard InChI is InChI=1S/C16H23N/c1-6-8-9-10-11-12-13-14-16(4)17(5)15(3)7-2/h6-8,11-14H,2-4,9-10H2,1,5H3/b8-6-,12-11-,14-13-. The molecule has 0 N–H and O–H groups in total. The monoisotopic (exact) mass is 229 g/mol. The molecule has 0 spiro atoms. The van der Waals surface area contributed by atoms with E-state index in [-0.39, 0.29) is 0 Å². The largest absolute Gasteiger partial charge is 0.346 e. The summed E-state index contributed by atoms with van der Waals surface area (Å²) in [5.74, 6) is 0. The van der Waals surface area contributed by atoms with Crippen LogP contribution < -0.4 is 0 Å². The molecule has 0 aliphatic carbocycles. The van der Waals surface area contributed by atoms with Crippen molar-refractivity contribution < 1.29 is 0 Å². The maximum Gasteiger partial charge on any atom is 0.0334 e. The summed E-state index contributed by atoms with van der Waals surface area (Å²) < 4.78 is 0. The lowest BCUT2D eigenvalue weighted by atomic mass is 10.2. The summed E-state index contributed by atoms with van der Waals surface area (Å²) in [4.78, 5) is 1.90. The Bertz CT molecular complexity index is 343. The van der Waals surface area contributed by atoms with Crippen molar-refractivity contribution in [3.05, 3.63) is 73.7 Å². The number of likely N-dealkylation sites (N-methyl/N-ethyl adjacent to an activating group) is 1. The first-order valence-corrected chi connectivity index (χ1v) is 5.81. The van der Waals surface area contributed by atoms with Gasteiger partial charge in [-0.25, -0.2) is 0 Å². The van der Waals surface area contributed by atoms with Crippen LogP contribution in [-0.4, -0.2) is 11.9 Å². The van der Waals surface area contributed by atoms with Gasteiger partial charge in [-0.3, -0.25) is 0 Å². The van der Waals surface area contributed by atoms with Crippen molar-refractivity contribution in [2.75, 3.05) is 7.05 Å². The Balaban J connectivity index is 4.03. The second kappa shape index (κ2) is 9.46. The van der Waals surface area contributed by atoms with Crippen molar-refractivity contribution in [1.29, 1.82) is 0 Å². The fraction of sp³-hybridized carbons (Fsp3) is 0.250. The maximum absolute atomic E-state index is 3.96. The Labute approximate surface area is 106 Å². The topological polar surface area (TPSA) is 3.24 Å². The molecule has 0 rings (SSSR count). The first kappa shape index (κ1) is 15.2. The minimum atomic E-state index is 0.844. The number of unbranched alkanes of at least 4 members (excludes halogenated alkanes) is 1. The molecule has 0 fully saturated rings. The van der Waals surface area contributed by atoms with Crippen LogP contribution >= 0.6 is 0 Å². The lowest BCUT2D eigenvalue weighted by molar-refractivity contribution is 0.559. The minimum Gasteiger partial charge on any atom is -0.346 e. The van der Waals surface area contributed by atoms with Gasteiger partial charge in [-0.1, -0.05) is 50.1 Å². The second-order valence-electron chi connectivity index (χ2n) is 3.68. The molecule has 17 heavy (non-hydrogen) atoms. The summed E-state index contributed by atoms with van der Waals surface area (Å²) in [6.45, 7) is 13.5. The molecule has 1 heteroatoms. The van der Waals surface area contributed by atoms with Gasteiger partial charge in [0.2, 0.25) is 0 Å². The molecule has 0 aliphatic rings. The summed E-state index contributed by atoms with van der Waals surface area (Å²) in [6, 6.07) is 0. The number of nitrogens with zero attached hydrogens (tertiary/aromatic N) is 1. The van der Waals surface area contributed by atoms with Gasteiger partial charge in [-0.15, -0.1) is 0 Å². The highest BCUT2D eigenvalue weighted by Crippen LogP contribution is 2.08. The molecule has 0 radical (unpaired) electrons. The molecule has 92 valence electrons. The molecule has 0 atom stereocenters. The molecular weight excluding hydrogens is 206 g/mol. The normalized spacial score (nSPS) is 11.4. The Kier molecular flexibility index (Phi) is 8.48. The van der Waals surface area contributed by atoms with Crippen LogP contribution in [0.5, 0.6) is 0 Å². The summed E-state index contributed by atoms with van der Waals surface area (Å²) in [7, 11) is 1.92. The Morgan fingerprint density at radius 1 is 1.06 bits per heavy atom. The van der Waals surface area contributed by atoms with Gasteiger partial charge in [0.05, 0.1) is 0 Å². The second-order valence-corrected chi connectivity index (χ2v) is 3.68. The predicted molar refractivity (Wildman–Crippen MR) is 78.6 cm³/mol. The van der Waals surface area contributed by atoms with E-state index in [0.717, 1.165) is 24.2 Å². The van der Waals surface area contributed by atoms with Gasteiger partial charge in [0.1, 0.15) is 0 Å². The van der Waals surface area contributed by atoms with Crippen LogP contribution in [0.25, 0.3) is 0 Å². The quantitative estimate of drug-likeness (QED) is 0.334. The minimum absolute atomic E-state index is 0.844. The van der Waals surface area contributed by atoms with Crippen LogP contribution in [0.1, 0.15) is 19.8 Å². The fourth-order valence-electron chi connectivity index (χ4n) is 1.13. The molecule has 0 heterocycles. The van der Waals surface area contributed by atoms with Crippen LogP contribution in [0.4, 0.5) is 0 Å². The fourth-order valence-corrected chi connectivity index (χ4v) is 1.13. The predicted octanol–water partition coefficient (Wildman–Crippen LogP) is 4.60. The van der Waals surface area contributed by atoms with Gasteiger partial charge in [0.15, 0.2) is 0 Å². The zero-order valence-electron chi connectivity index (χ0n) is 11.0. The van der Waals surface area contributed by atoms with E-state index in [2.05, 4.69) is 38.0 Å². The summed E-state index contributed by atoms with van der Waals surface area (Å²) in [5, 5.41) is 0. The van der Waals surface area contributed by atoms with Crippen LogP contribution in [0.15, 0.2) is 73.7 Å². The molecule has 0 unspecified atom stereocenters. The molecular formula is C16H23N. The van der Waals surface area contributed by atoms with Crippen molar-refractivity contribution in [2.24, 2.45) is 0 Å². The number of hydrogen-bond donors (Lipinski definition) is 0. The highest BCUT2D eigenvalue weighted by molar-refractivity contribution is 5.25. The van der Waals surface area contributed by atoms with E-state index in [4.69, 9.17) is 0 Å². The Morgan fingerprint density at radius 3 is 2.29 bits per heavy atom. The molecule has 0 aliphatic heterocycles. The molecule has 0 saturated heterocycles. The van der Waals surface area contributed by atoms with Gasteiger partial charge in [-0.2, -0.15) is 0 Å². The van der Waals surface area contributed by atoms with E-state index >= 15 is 0 Å². The van der Waals surface area contributed by atoms with Gasteiger partial charge < -0.3 is 4.90 Å². The smallest absolute Gasteiger partial charge is 0.0334 e. The lowest BCUT2D eigenvalue weighted by Crippen LogP contribution is -2.12. The van der Waals surface area contributed by atoms with Gasteiger partial charge in [-0.05, 0) is 31.9 Å². The number of allylic oxidation sites excluding steroid dienone is 7. The maximum atomic E-state index is 3.96. The molecule has 0 amide bonds. The van der Waals surface area contributed by atoms with Crippen molar-refractivity contribution in [2.45, 2.75) is 19.8 Å². The molecule has 0 bridgehead atoms. The van der Waals surface area contributed by atoms with E-state index < -0.39 is 0 Å². The highest BCUT2D eigenvalue weighted by Gasteiger charge is 1.98. The molecule has 1 nitrogen and oxygen atoms in total. The van der Waals surface area contributed by atoms with E-state index in [1.165, 1.54) is 0 Å². The lowest BCUT2D eigenvalue weighted by Gasteiger charge is -2.18. The van der Waals surface area contributed by atoms with E-state index in [1.807, 2.05) is 37.1 Å². The van der Waals surface area contributed by atoms with Crippen molar-refractivity contribution >= 4 is 0 Å². The van der Waals surface area contributed by atoms with Crippen LogP contribution in [0.2, 0.25) is 0 Å². The third-order valence-electron chi connectivity index (χ3n) is 2.37. The summed E-state index contributed by atoms with van der Waals surface area (Å²) in [6.07, 6.45) is 16.2. The zero-order chi connectivity index (χ0) is 13.1. The van der Waals surface area contributed by atoms with E-state index in [9.17, 15) is 0 Å². The van der Waals surface area contributed by atoms with Crippen LogP contribution in [-0.2, 0) is 0 Å². The van der Waals surface area contributed by atoms with Gasteiger partial charge in [0, 0.05) is 18.4 Å². The average molecular weight is 229 g/mol. The molecule has 0 aromatic rings. The van der Waals surface area contributed by atoms with Crippen molar-refractivity contribution in [3.8, 4) is 0 Å². The average Bonchev–Trinajstić information content (AvgIpc) is 2.35. The first-order valence-electron chi connectivity index (χ1n) is 5.81. The van der Waals surface area contributed by atoms with E-state index in [0.29, 0.717) is 0 Å². The molecule has 0 aromatic carbocycles. The van der Waals surface area contributed by atoms with E-state index in [1.54, 1.807) is 6.08 Å². The number of rotatable bonds is 8. The third-order valence-corrected chi connectivity index (χ3v) is 2.37. The summed E-state index contributed by atoms with van der Waals surface area (Å²) >= 11 is 0. The van der Waals surface area contributed by atoms with Crippen molar-refractivity contribution in [3.63, 3.8) is 0 Å². The van der Waals surface area contributed by atoms with Crippen molar-refractivity contribution in [1.82, 2.24) is 4.90 Å². The summed E-state index contributed by atoms with van der Waals surface area (Å²) in [5.41, 5.74) is 1.74. The van der Waals surface area contributed by atoms with Gasteiger partial charge in [0.25, 0.3) is 0 Å². The molecule has 0 saturated carbocycles. The number of hydrogen-bond acceptors (Lipinski definition) is 1. The third kappa shape index (κ3) is 7.18. The Morgan fingerprint density at radius 2 is 1.71 bits per heavy atom. The molecule has 0 aromatic heterocycles. The van der Waals surface area contributed by atoms with Crippen LogP contribution in [0.3, 0.4) is 0 Å². The SMILES string of the molecule is C=CC(=C)N(C)C(=C)/C=C\C=C/CC/C=C\C. The van der Waals surface area contributed by atoms with Crippen LogP contribution in [0, 0.1) is 0 Å². The highest BCUT2D eigenvalue weighted by atomic mass is 15.1. The zero-order valence-corrected chi connectivity index (χ0v) is 11.0. The van der Waals surface area contributed by atoms with Gasteiger partial charge >= 0.3 is 0 Å². The first-order chi connectivity index (χ1) is 8.13. The Hall–Kier alpha value is -1.76.